The number of ether oxygens (including phenoxy) is 1. The predicted octanol–water partition coefficient (Wildman–Crippen LogP) is 4.18. The summed E-state index contributed by atoms with van der Waals surface area (Å²) in [7, 11) is 0. The van der Waals surface area contributed by atoms with Crippen LogP contribution in [-0.4, -0.2) is 11.2 Å². The number of aliphatic hydroxyl groups is 1. The molecule has 0 saturated heterocycles. The molecule has 1 aliphatic rings. The lowest BCUT2D eigenvalue weighted by molar-refractivity contribution is 0.126. The molecule has 1 aromatic rings. The van der Waals surface area contributed by atoms with Gasteiger partial charge in [0, 0.05) is 10.6 Å². The van der Waals surface area contributed by atoms with Crippen LogP contribution >= 0.6 is 11.6 Å². The van der Waals surface area contributed by atoms with Crippen LogP contribution in [0.2, 0.25) is 5.02 Å². The molecule has 3 heteroatoms. The molecule has 1 aromatic carbocycles. The second kappa shape index (κ2) is 6.44. The van der Waals surface area contributed by atoms with Crippen LogP contribution in [0, 0.1) is 5.92 Å². The average molecular weight is 269 g/mol. The summed E-state index contributed by atoms with van der Waals surface area (Å²) in [4.78, 5) is 0. The lowest BCUT2D eigenvalue weighted by Crippen LogP contribution is -2.24. The largest absolute Gasteiger partial charge is 0.490 e. The molecule has 0 unspecified atom stereocenters. The molecule has 0 spiro atoms. The van der Waals surface area contributed by atoms with Crippen LogP contribution in [0.5, 0.6) is 5.75 Å². The monoisotopic (exact) mass is 268 g/mol. The third-order valence-corrected chi connectivity index (χ3v) is 4.09. The molecule has 1 fully saturated rings. The Morgan fingerprint density at radius 2 is 2.00 bits per heavy atom. The van der Waals surface area contributed by atoms with E-state index < -0.39 is 0 Å². The van der Waals surface area contributed by atoms with E-state index in [2.05, 4.69) is 6.92 Å². The van der Waals surface area contributed by atoms with Crippen molar-refractivity contribution in [1.82, 2.24) is 0 Å². The number of halogens is 1. The summed E-state index contributed by atoms with van der Waals surface area (Å²) in [6, 6.07) is 5.45. The molecule has 18 heavy (non-hydrogen) atoms. The maximum absolute atomic E-state index is 9.31. The van der Waals surface area contributed by atoms with Crippen molar-refractivity contribution in [3.05, 3.63) is 28.8 Å². The van der Waals surface area contributed by atoms with Gasteiger partial charge in [-0.1, -0.05) is 24.9 Å². The minimum absolute atomic E-state index is 0.0276. The predicted molar refractivity (Wildman–Crippen MR) is 74.0 cm³/mol. The minimum atomic E-state index is -0.0276. The number of hydrogen-bond acceptors (Lipinski definition) is 2. The first-order valence-electron chi connectivity index (χ1n) is 6.78. The van der Waals surface area contributed by atoms with Crippen LogP contribution in [0.3, 0.4) is 0 Å². The molecule has 2 nitrogen and oxygen atoms in total. The summed E-state index contributed by atoms with van der Waals surface area (Å²) >= 11 is 5.91. The number of hydrogen-bond donors (Lipinski definition) is 1. The molecule has 1 saturated carbocycles. The Morgan fingerprint density at radius 1 is 1.28 bits per heavy atom. The van der Waals surface area contributed by atoms with E-state index in [1.165, 1.54) is 19.3 Å². The van der Waals surface area contributed by atoms with Crippen molar-refractivity contribution in [2.75, 3.05) is 0 Å². The summed E-state index contributed by atoms with van der Waals surface area (Å²) in [6.07, 6.45) is 6.30. The first-order chi connectivity index (χ1) is 8.72. The molecular weight excluding hydrogens is 248 g/mol. The number of aliphatic hydroxyl groups excluding tert-OH is 1. The lowest BCUT2D eigenvalue weighted by Gasteiger charge is -2.29. The van der Waals surface area contributed by atoms with Crippen molar-refractivity contribution < 1.29 is 9.84 Å². The minimum Gasteiger partial charge on any atom is -0.490 e. The fraction of sp³-hybridized carbons (Fsp3) is 0.600. The summed E-state index contributed by atoms with van der Waals surface area (Å²) in [5, 5.41) is 9.95. The summed E-state index contributed by atoms with van der Waals surface area (Å²) in [5.74, 6) is 1.65. The van der Waals surface area contributed by atoms with Crippen molar-refractivity contribution >= 4 is 11.6 Å². The van der Waals surface area contributed by atoms with Gasteiger partial charge in [0.2, 0.25) is 0 Å². The van der Waals surface area contributed by atoms with Gasteiger partial charge in [0.25, 0.3) is 0 Å². The zero-order valence-corrected chi connectivity index (χ0v) is 11.6. The van der Waals surface area contributed by atoms with E-state index in [0.29, 0.717) is 11.1 Å². The van der Waals surface area contributed by atoms with E-state index in [1.807, 2.05) is 12.1 Å². The Labute approximate surface area is 114 Å². The highest BCUT2D eigenvalue weighted by Gasteiger charge is 2.21. The van der Waals surface area contributed by atoms with Crippen LogP contribution in [0.15, 0.2) is 18.2 Å². The van der Waals surface area contributed by atoms with Crippen LogP contribution in [0.25, 0.3) is 0 Å². The highest BCUT2D eigenvalue weighted by atomic mass is 35.5. The van der Waals surface area contributed by atoms with Crippen molar-refractivity contribution in [1.29, 1.82) is 0 Å². The van der Waals surface area contributed by atoms with Crippen molar-refractivity contribution in [3.63, 3.8) is 0 Å². The van der Waals surface area contributed by atoms with Gasteiger partial charge in [0.1, 0.15) is 5.75 Å². The van der Waals surface area contributed by atoms with Gasteiger partial charge >= 0.3 is 0 Å². The van der Waals surface area contributed by atoms with Crippen LogP contribution in [-0.2, 0) is 6.61 Å². The van der Waals surface area contributed by atoms with Gasteiger partial charge in [-0.05, 0) is 49.8 Å². The SMILES string of the molecule is CCC1CCC(Oc2ccc(Cl)cc2CO)CC1. The van der Waals surface area contributed by atoms with E-state index in [4.69, 9.17) is 16.3 Å². The molecule has 0 amide bonds. The van der Waals surface area contributed by atoms with Gasteiger partial charge in [0.05, 0.1) is 12.7 Å². The standard InChI is InChI=1S/C15H21ClO2/c1-2-11-3-6-14(7-4-11)18-15-8-5-13(16)9-12(15)10-17/h5,8-9,11,14,17H,2-4,6-7,10H2,1H3. The molecule has 0 aliphatic heterocycles. The van der Waals surface area contributed by atoms with E-state index in [-0.39, 0.29) is 6.61 Å². The third kappa shape index (κ3) is 3.39. The third-order valence-electron chi connectivity index (χ3n) is 3.86. The van der Waals surface area contributed by atoms with Gasteiger partial charge in [0.15, 0.2) is 0 Å². The Hall–Kier alpha value is -0.730. The summed E-state index contributed by atoms with van der Waals surface area (Å²) < 4.78 is 6.01. The topological polar surface area (TPSA) is 29.5 Å². The fourth-order valence-electron chi connectivity index (χ4n) is 2.62. The highest BCUT2D eigenvalue weighted by Crippen LogP contribution is 2.31. The molecular formula is C15H21ClO2. The average Bonchev–Trinajstić information content (AvgIpc) is 2.41. The fourth-order valence-corrected chi connectivity index (χ4v) is 2.82. The number of rotatable bonds is 4. The van der Waals surface area contributed by atoms with Crippen LogP contribution in [0.4, 0.5) is 0 Å². The molecule has 1 N–H and O–H groups in total. The Bertz CT molecular complexity index is 384. The molecule has 2 rings (SSSR count). The van der Waals surface area contributed by atoms with Crippen molar-refractivity contribution in [2.24, 2.45) is 5.92 Å². The lowest BCUT2D eigenvalue weighted by atomic mass is 9.86. The van der Waals surface area contributed by atoms with E-state index >= 15 is 0 Å². The smallest absolute Gasteiger partial charge is 0.125 e. The first kappa shape index (κ1) is 13.7. The van der Waals surface area contributed by atoms with Crippen molar-refractivity contribution in [3.8, 4) is 5.75 Å². The van der Waals surface area contributed by atoms with E-state index in [1.54, 1.807) is 6.07 Å². The zero-order chi connectivity index (χ0) is 13.0. The number of benzene rings is 1. The molecule has 0 radical (unpaired) electrons. The van der Waals surface area contributed by atoms with Gasteiger partial charge in [-0.15, -0.1) is 0 Å². The molecule has 100 valence electrons. The maximum atomic E-state index is 9.31. The summed E-state index contributed by atoms with van der Waals surface area (Å²) in [5.41, 5.74) is 0.778. The zero-order valence-electron chi connectivity index (χ0n) is 10.9. The van der Waals surface area contributed by atoms with E-state index in [9.17, 15) is 5.11 Å². The Kier molecular flexibility index (Phi) is 4.90. The maximum Gasteiger partial charge on any atom is 0.125 e. The van der Waals surface area contributed by atoms with Gasteiger partial charge in [-0.25, -0.2) is 0 Å². The van der Waals surface area contributed by atoms with Gasteiger partial charge < -0.3 is 9.84 Å². The Balaban J connectivity index is 1.97. The first-order valence-corrected chi connectivity index (χ1v) is 7.16. The second-order valence-electron chi connectivity index (χ2n) is 5.08. The quantitative estimate of drug-likeness (QED) is 0.888. The highest BCUT2D eigenvalue weighted by molar-refractivity contribution is 6.30. The molecule has 0 atom stereocenters. The van der Waals surface area contributed by atoms with E-state index in [0.717, 1.165) is 30.1 Å². The molecule has 0 bridgehead atoms. The summed E-state index contributed by atoms with van der Waals surface area (Å²) in [6.45, 7) is 2.23. The second-order valence-corrected chi connectivity index (χ2v) is 5.52. The molecule has 1 aliphatic carbocycles. The molecule has 0 aromatic heterocycles. The van der Waals surface area contributed by atoms with Gasteiger partial charge in [-0.2, -0.15) is 0 Å². The Morgan fingerprint density at radius 3 is 2.61 bits per heavy atom. The normalized spacial score (nSPS) is 23.9. The molecule has 0 heterocycles. The van der Waals surface area contributed by atoms with Crippen molar-refractivity contribution in [2.45, 2.75) is 51.7 Å². The van der Waals surface area contributed by atoms with Crippen LogP contribution in [0.1, 0.15) is 44.6 Å². The van der Waals surface area contributed by atoms with Crippen LogP contribution < -0.4 is 4.74 Å². The van der Waals surface area contributed by atoms with Gasteiger partial charge in [-0.3, -0.25) is 0 Å².